The van der Waals surface area contributed by atoms with E-state index in [1.165, 1.54) is 22.5 Å². The number of nitrogens with zero attached hydrogens (tertiary/aromatic N) is 2. The highest BCUT2D eigenvalue weighted by molar-refractivity contribution is 7.14. The van der Waals surface area contributed by atoms with Crippen LogP contribution in [0.5, 0.6) is 0 Å². The van der Waals surface area contributed by atoms with Gasteiger partial charge in [0.1, 0.15) is 0 Å². The molecule has 0 fully saturated rings. The van der Waals surface area contributed by atoms with E-state index in [-0.39, 0.29) is 12.3 Å². The maximum Gasteiger partial charge on any atom is 0.232 e. The Balaban J connectivity index is 1.69. The van der Waals surface area contributed by atoms with Crippen LogP contribution in [0.25, 0.3) is 11.3 Å². The van der Waals surface area contributed by atoms with Gasteiger partial charge < -0.3 is 5.32 Å². The molecule has 0 atom stereocenters. The molecule has 3 rings (SSSR count). The van der Waals surface area contributed by atoms with Crippen LogP contribution in [0.3, 0.4) is 0 Å². The first-order valence-electron chi connectivity index (χ1n) is 7.25. The molecule has 1 amide bonds. The summed E-state index contributed by atoms with van der Waals surface area (Å²) >= 11 is 2.99. The molecule has 2 aromatic heterocycles. The summed E-state index contributed by atoms with van der Waals surface area (Å²) in [6.07, 6.45) is 0.281. The predicted octanol–water partition coefficient (Wildman–Crippen LogP) is 4.37. The summed E-state index contributed by atoms with van der Waals surface area (Å²) < 4.78 is 0. The Hall–Kier alpha value is -2.05. The number of amides is 1. The Kier molecular flexibility index (Phi) is 4.54. The Morgan fingerprint density at radius 3 is 2.61 bits per heavy atom. The number of carbonyl (C=O) groups is 1. The fraction of sp³-hybridized carbons (Fsp3) is 0.235. The van der Waals surface area contributed by atoms with Crippen LogP contribution in [0.4, 0.5) is 5.13 Å². The monoisotopic (exact) mass is 343 g/mol. The summed E-state index contributed by atoms with van der Waals surface area (Å²) in [5, 5.41) is 8.32. The fourth-order valence-corrected chi connectivity index (χ4v) is 3.53. The molecule has 0 spiro atoms. The normalized spacial score (nSPS) is 10.7. The van der Waals surface area contributed by atoms with Crippen LogP contribution < -0.4 is 5.32 Å². The van der Waals surface area contributed by atoms with Gasteiger partial charge in [-0.05, 0) is 38.0 Å². The van der Waals surface area contributed by atoms with E-state index >= 15 is 0 Å². The van der Waals surface area contributed by atoms with Crippen molar-refractivity contribution in [2.75, 3.05) is 5.32 Å². The van der Waals surface area contributed by atoms with Gasteiger partial charge in [0.05, 0.1) is 22.8 Å². The lowest BCUT2D eigenvalue weighted by Crippen LogP contribution is -2.14. The third-order valence-corrected chi connectivity index (χ3v) is 5.14. The molecule has 0 unspecified atom stereocenters. The van der Waals surface area contributed by atoms with E-state index in [1.807, 2.05) is 17.7 Å². The SMILES string of the molecule is Cc1nc(CC(=O)Nc2nc(-c3ccc(C)c(C)c3)cs2)cs1. The highest BCUT2D eigenvalue weighted by Crippen LogP contribution is 2.26. The minimum Gasteiger partial charge on any atom is -0.302 e. The molecule has 118 valence electrons. The number of hydrogen-bond donors (Lipinski definition) is 1. The summed E-state index contributed by atoms with van der Waals surface area (Å²) in [6, 6.07) is 6.27. The first-order chi connectivity index (χ1) is 11.0. The van der Waals surface area contributed by atoms with Crippen LogP contribution in [-0.4, -0.2) is 15.9 Å². The molecular weight excluding hydrogens is 326 g/mol. The molecule has 2 heterocycles. The van der Waals surface area contributed by atoms with Gasteiger partial charge in [-0.2, -0.15) is 0 Å². The molecule has 1 aromatic carbocycles. The quantitative estimate of drug-likeness (QED) is 0.765. The van der Waals surface area contributed by atoms with Crippen molar-refractivity contribution in [2.45, 2.75) is 27.2 Å². The van der Waals surface area contributed by atoms with E-state index in [4.69, 9.17) is 0 Å². The number of benzene rings is 1. The molecule has 0 aliphatic rings. The minimum absolute atomic E-state index is 0.0868. The molecule has 0 saturated heterocycles. The van der Waals surface area contributed by atoms with E-state index in [2.05, 4.69) is 47.3 Å². The van der Waals surface area contributed by atoms with Crippen LogP contribution in [0.1, 0.15) is 21.8 Å². The summed E-state index contributed by atoms with van der Waals surface area (Å²) in [5.41, 5.74) is 5.25. The molecule has 0 bridgehead atoms. The standard InChI is InChI=1S/C17H17N3OS2/c1-10-4-5-13(6-11(10)2)15-9-23-17(19-15)20-16(21)7-14-8-22-12(3)18-14/h4-6,8-9H,7H2,1-3H3,(H,19,20,21). The van der Waals surface area contributed by atoms with Gasteiger partial charge in [-0.15, -0.1) is 22.7 Å². The van der Waals surface area contributed by atoms with Crippen molar-refractivity contribution in [1.82, 2.24) is 9.97 Å². The maximum absolute atomic E-state index is 12.1. The first-order valence-corrected chi connectivity index (χ1v) is 9.01. The second kappa shape index (κ2) is 6.60. The van der Waals surface area contributed by atoms with Crippen LogP contribution >= 0.6 is 22.7 Å². The number of anilines is 1. The number of thiazole rings is 2. The van der Waals surface area contributed by atoms with Crippen molar-refractivity contribution < 1.29 is 4.79 Å². The van der Waals surface area contributed by atoms with Gasteiger partial charge in [-0.25, -0.2) is 9.97 Å². The van der Waals surface area contributed by atoms with Crippen molar-refractivity contribution in [3.05, 3.63) is 50.8 Å². The van der Waals surface area contributed by atoms with Gasteiger partial charge in [0.15, 0.2) is 5.13 Å². The average molecular weight is 343 g/mol. The number of carbonyl (C=O) groups excluding carboxylic acids is 1. The van der Waals surface area contributed by atoms with Crippen LogP contribution in [0.15, 0.2) is 29.0 Å². The van der Waals surface area contributed by atoms with Crippen LogP contribution in [0.2, 0.25) is 0 Å². The highest BCUT2D eigenvalue weighted by Gasteiger charge is 2.10. The molecule has 23 heavy (non-hydrogen) atoms. The van der Waals surface area contributed by atoms with E-state index < -0.39 is 0 Å². The highest BCUT2D eigenvalue weighted by atomic mass is 32.1. The maximum atomic E-state index is 12.1. The summed E-state index contributed by atoms with van der Waals surface area (Å²) in [5.74, 6) is -0.0868. The number of hydrogen-bond acceptors (Lipinski definition) is 5. The van der Waals surface area contributed by atoms with Gasteiger partial charge in [0.25, 0.3) is 0 Å². The lowest BCUT2D eigenvalue weighted by molar-refractivity contribution is -0.115. The zero-order chi connectivity index (χ0) is 16.4. The van der Waals surface area contributed by atoms with E-state index in [0.717, 1.165) is 22.0 Å². The third-order valence-electron chi connectivity index (χ3n) is 3.56. The minimum atomic E-state index is -0.0868. The van der Waals surface area contributed by atoms with Crippen molar-refractivity contribution in [2.24, 2.45) is 0 Å². The molecule has 0 aliphatic heterocycles. The smallest absolute Gasteiger partial charge is 0.232 e. The molecule has 6 heteroatoms. The lowest BCUT2D eigenvalue weighted by Gasteiger charge is -2.02. The van der Waals surface area contributed by atoms with E-state index in [0.29, 0.717) is 5.13 Å². The molecule has 4 nitrogen and oxygen atoms in total. The topological polar surface area (TPSA) is 54.9 Å². The zero-order valence-corrected chi connectivity index (χ0v) is 14.8. The van der Waals surface area contributed by atoms with Gasteiger partial charge in [-0.1, -0.05) is 12.1 Å². The van der Waals surface area contributed by atoms with E-state index in [1.54, 1.807) is 11.3 Å². The average Bonchev–Trinajstić information content (AvgIpc) is 3.11. The van der Waals surface area contributed by atoms with Gasteiger partial charge in [-0.3, -0.25) is 4.79 Å². The molecule has 0 aliphatic carbocycles. The van der Waals surface area contributed by atoms with Crippen molar-refractivity contribution >= 4 is 33.7 Å². The second-order valence-corrected chi connectivity index (χ2v) is 7.34. The molecule has 0 radical (unpaired) electrons. The number of aryl methyl sites for hydroxylation is 3. The second-order valence-electron chi connectivity index (χ2n) is 5.42. The zero-order valence-electron chi connectivity index (χ0n) is 13.2. The molecule has 1 N–H and O–H groups in total. The van der Waals surface area contributed by atoms with Gasteiger partial charge in [0.2, 0.25) is 5.91 Å². The summed E-state index contributed by atoms with van der Waals surface area (Å²) in [4.78, 5) is 20.9. The molecule has 3 aromatic rings. The first kappa shape index (κ1) is 15.8. The largest absolute Gasteiger partial charge is 0.302 e. The lowest BCUT2D eigenvalue weighted by atomic mass is 10.1. The van der Waals surface area contributed by atoms with Gasteiger partial charge in [0, 0.05) is 16.3 Å². The third kappa shape index (κ3) is 3.83. The molecular formula is C17H17N3OS2. The number of aromatic nitrogens is 2. The van der Waals surface area contributed by atoms with Crippen molar-refractivity contribution in [3.63, 3.8) is 0 Å². The molecule has 0 saturated carbocycles. The van der Waals surface area contributed by atoms with Crippen LogP contribution in [0, 0.1) is 20.8 Å². The summed E-state index contributed by atoms with van der Waals surface area (Å²) in [6.45, 7) is 6.11. The Morgan fingerprint density at radius 2 is 1.91 bits per heavy atom. The predicted molar refractivity (Wildman–Crippen MR) is 96.2 cm³/mol. The number of nitrogens with one attached hydrogen (secondary N) is 1. The fourth-order valence-electron chi connectivity index (χ4n) is 2.18. The summed E-state index contributed by atoms with van der Waals surface area (Å²) in [7, 11) is 0. The van der Waals surface area contributed by atoms with Crippen molar-refractivity contribution in [3.8, 4) is 11.3 Å². The Bertz CT molecular complexity index is 851. The van der Waals surface area contributed by atoms with Crippen LogP contribution in [-0.2, 0) is 11.2 Å². The Labute approximate surface area is 143 Å². The number of rotatable bonds is 4. The van der Waals surface area contributed by atoms with Crippen molar-refractivity contribution in [1.29, 1.82) is 0 Å². The Morgan fingerprint density at radius 1 is 1.09 bits per heavy atom. The van der Waals surface area contributed by atoms with Gasteiger partial charge >= 0.3 is 0 Å². The van der Waals surface area contributed by atoms with E-state index in [9.17, 15) is 4.79 Å².